The Kier molecular flexibility index (Phi) is 4.01. The van der Waals surface area contributed by atoms with Crippen LogP contribution in [0.5, 0.6) is 0 Å². The van der Waals surface area contributed by atoms with Crippen LogP contribution in [0.2, 0.25) is 10.2 Å². The number of rotatable bonds is 4. The molecule has 2 aromatic heterocycles. The molecule has 0 saturated heterocycles. The van der Waals surface area contributed by atoms with Crippen molar-refractivity contribution in [1.82, 2.24) is 14.6 Å². The first-order chi connectivity index (χ1) is 11.6. The molecular weight excluding hydrogens is 341 g/mol. The molecule has 0 unspecified atom stereocenters. The monoisotopic (exact) mass is 359 g/mol. The molecule has 24 heavy (non-hydrogen) atoms. The maximum absolute atomic E-state index is 6.49. The van der Waals surface area contributed by atoms with Gasteiger partial charge in [0.15, 0.2) is 5.65 Å². The number of nitrogens with zero attached hydrogens (tertiary/aromatic N) is 3. The second kappa shape index (κ2) is 6.05. The van der Waals surface area contributed by atoms with Gasteiger partial charge in [0.2, 0.25) is 0 Å². The van der Waals surface area contributed by atoms with E-state index in [0.717, 1.165) is 53.3 Å². The average Bonchev–Trinajstić information content (AvgIpc) is 2.93. The molecule has 0 N–H and O–H groups in total. The molecule has 1 saturated carbocycles. The van der Waals surface area contributed by atoms with Gasteiger partial charge in [0.1, 0.15) is 5.15 Å². The predicted molar refractivity (Wildman–Crippen MR) is 98.1 cm³/mol. The maximum Gasteiger partial charge on any atom is 0.157 e. The Morgan fingerprint density at radius 1 is 1.17 bits per heavy atom. The number of aromatic nitrogens is 3. The molecular formula is C19H19Cl2N3. The van der Waals surface area contributed by atoms with Crippen molar-refractivity contribution in [1.29, 1.82) is 0 Å². The summed E-state index contributed by atoms with van der Waals surface area (Å²) in [7, 11) is 0. The van der Waals surface area contributed by atoms with Gasteiger partial charge in [-0.05, 0) is 37.0 Å². The van der Waals surface area contributed by atoms with Crippen molar-refractivity contribution < 1.29 is 0 Å². The summed E-state index contributed by atoms with van der Waals surface area (Å²) in [4.78, 5) is 4.72. The minimum Gasteiger partial charge on any atom is -0.233 e. The zero-order valence-corrected chi connectivity index (χ0v) is 15.1. The van der Waals surface area contributed by atoms with Gasteiger partial charge in [-0.15, -0.1) is 0 Å². The predicted octanol–water partition coefficient (Wildman–Crippen LogP) is 5.46. The normalized spacial score (nSPS) is 16.3. The summed E-state index contributed by atoms with van der Waals surface area (Å²) in [6, 6.07) is 12.1. The summed E-state index contributed by atoms with van der Waals surface area (Å²) in [5.41, 5.74) is 3.90. The van der Waals surface area contributed by atoms with Crippen LogP contribution in [-0.2, 0) is 11.8 Å². The van der Waals surface area contributed by atoms with E-state index in [1.54, 1.807) is 4.52 Å². The molecule has 0 aliphatic heterocycles. The van der Waals surface area contributed by atoms with Crippen LogP contribution in [0.15, 0.2) is 36.4 Å². The van der Waals surface area contributed by atoms with E-state index in [-0.39, 0.29) is 5.41 Å². The molecule has 0 spiro atoms. The number of aryl methyl sites for hydroxylation is 1. The molecule has 1 aliphatic rings. The smallest absolute Gasteiger partial charge is 0.157 e. The fourth-order valence-corrected chi connectivity index (χ4v) is 4.21. The first-order valence-electron chi connectivity index (χ1n) is 8.45. The lowest BCUT2D eigenvalue weighted by Crippen LogP contribution is -2.36. The number of benzene rings is 1. The molecule has 4 rings (SSSR count). The lowest BCUT2D eigenvalue weighted by Gasteiger charge is -2.41. The van der Waals surface area contributed by atoms with Crippen molar-refractivity contribution in [2.24, 2.45) is 0 Å². The van der Waals surface area contributed by atoms with Crippen LogP contribution < -0.4 is 0 Å². The number of hydrogen-bond donors (Lipinski definition) is 0. The molecule has 124 valence electrons. The summed E-state index contributed by atoms with van der Waals surface area (Å²) in [6.07, 6.45) is 5.26. The highest BCUT2D eigenvalue weighted by Gasteiger charge is 2.43. The molecule has 1 fully saturated rings. The van der Waals surface area contributed by atoms with Gasteiger partial charge in [-0.3, -0.25) is 0 Å². The average molecular weight is 360 g/mol. The first kappa shape index (κ1) is 15.9. The van der Waals surface area contributed by atoms with Gasteiger partial charge in [0.05, 0.1) is 5.69 Å². The van der Waals surface area contributed by atoms with Gasteiger partial charge in [-0.25, -0.2) is 9.50 Å². The summed E-state index contributed by atoms with van der Waals surface area (Å²) in [6.45, 7) is 2.14. The van der Waals surface area contributed by atoms with E-state index in [1.807, 2.05) is 24.3 Å². The Morgan fingerprint density at radius 2 is 1.96 bits per heavy atom. The molecule has 0 amide bonds. The topological polar surface area (TPSA) is 30.2 Å². The third kappa shape index (κ3) is 2.42. The second-order valence-corrected chi connectivity index (χ2v) is 7.33. The minimum atomic E-state index is -0.111. The Morgan fingerprint density at radius 3 is 2.62 bits per heavy atom. The summed E-state index contributed by atoms with van der Waals surface area (Å²) < 4.78 is 1.74. The standard InChI is InChI=1S/C19H19Cl2N3/c1-2-6-13-11-17(21)24-18(22-13)12-16(23-24)19(9-5-10-19)14-7-3-4-8-15(14)20/h3-4,7-8,11-12H,2,5-6,9-10H2,1H3. The van der Waals surface area contributed by atoms with Crippen molar-refractivity contribution in [3.05, 3.63) is 63.5 Å². The summed E-state index contributed by atoms with van der Waals surface area (Å²) >= 11 is 12.9. The second-order valence-electron chi connectivity index (χ2n) is 6.54. The Labute approximate surface area is 151 Å². The Balaban J connectivity index is 1.86. The SMILES string of the molecule is CCCc1cc(Cl)n2nc(C3(c4ccccc4Cl)CCC3)cc2n1. The van der Waals surface area contributed by atoms with Crippen molar-refractivity contribution >= 4 is 28.8 Å². The largest absolute Gasteiger partial charge is 0.233 e. The van der Waals surface area contributed by atoms with E-state index in [1.165, 1.54) is 6.42 Å². The Bertz CT molecular complexity index is 897. The van der Waals surface area contributed by atoms with Gasteiger partial charge in [-0.2, -0.15) is 5.10 Å². The number of halogens is 2. The van der Waals surface area contributed by atoms with Crippen LogP contribution in [0.25, 0.3) is 5.65 Å². The minimum absolute atomic E-state index is 0.111. The van der Waals surface area contributed by atoms with Crippen LogP contribution in [0.4, 0.5) is 0 Å². The lowest BCUT2D eigenvalue weighted by atomic mass is 9.62. The molecule has 2 heterocycles. The van der Waals surface area contributed by atoms with Gasteiger partial charge >= 0.3 is 0 Å². The van der Waals surface area contributed by atoms with Crippen LogP contribution in [0, 0.1) is 0 Å². The van der Waals surface area contributed by atoms with E-state index in [2.05, 4.69) is 19.1 Å². The Hall–Kier alpha value is -1.58. The third-order valence-corrected chi connectivity index (χ3v) is 5.63. The summed E-state index contributed by atoms with van der Waals surface area (Å²) in [5.74, 6) is 0. The molecule has 0 radical (unpaired) electrons. The highest BCUT2D eigenvalue weighted by Crippen LogP contribution is 2.50. The van der Waals surface area contributed by atoms with Gasteiger partial charge in [0.25, 0.3) is 0 Å². The van der Waals surface area contributed by atoms with E-state index in [9.17, 15) is 0 Å². The van der Waals surface area contributed by atoms with Crippen LogP contribution in [0.1, 0.15) is 49.6 Å². The first-order valence-corrected chi connectivity index (χ1v) is 9.20. The van der Waals surface area contributed by atoms with Crippen molar-refractivity contribution in [2.45, 2.75) is 44.4 Å². The molecule has 3 nitrogen and oxygen atoms in total. The molecule has 0 atom stereocenters. The molecule has 5 heteroatoms. The maximum atomic E-state index is 6.49. The third-order valence-electron chi connectivity index (χ3n) is 5.03. The van der Waals surface area contributed by atoms with Gasteiger partial charge < -0.3 is 0 Å². The van der Waals surface area contributed by atoms with Crippen molar-refractivity contribution in [2.75, 3.05) is 0 Å². The van der Waals surface area contributed by atoms with Crippen LogP contribution in [-0.4, -0.2) is 14.6 Å². The molecule has 3 aromatic rings. The number of fused-ring (bicyclic) bond motifs is 1. The quantitative estimate of drug-likeness (QED) is 0.579. The fourth-order valence-electron chi connectivity index (χ4n) is 3.65. The molecule has 0 bridgehead atoms. The van der Waals surface area contributed by atoms with E-state index in [4.69, 9.17) is 33.3 Å². The highest BCUT2D eigenvalue weighted by atomic mass is 35.5. The van der Waals surface area contributed by atoms with E-state index in [0.29, 0.717) is 5.15 Å². The zero-order valence-electron chi connectivity index (χ0n) is 13.6. The molecule has 1 aromatic carbocycles. The number of hydrogen-bond acceptors (Lipinski definition) is 2. The van der Waals surface area contributed by atoms with E-state index >= 15 is 0 Å². The fraction of sp³-hybridized carbons (Fsp3) is 0.368. The van der Waals surface area contributed by atoms with E-state index < -0.39 is 0 Å². The van der Waals surface area contributed by atoms with Crippen molar-refractivity contribution in [3.8, 4) is 0 Å². The van der Waals surface area contributed by atoms with Crippen LogP contribution in [0.3, 0.4) is 0 Å². The lowest BCUT2D eigenvalue weighted by molar-refractivity contribution is 0.293. The van der Waals surface area contributed by atoms with Crippen LogP contribution >= 0.6 is 23.2 Å². The van der Waals surface area contributed by atoms with Gasteiger partial charge in [0, 0.05) is 22.2 Å². The van der Waals surface area contributed by atoms with Gasteiger partial charge in [-0.1, -0.05) is 61.2 Å². The molecule has 1 aliphatic carbocycles. The summed E-state index contributed by atoms with van der Waals surface area (Å²) in [5, 5.41) is 6.21. The highest BCUT2D eigenvalue weighted by molar-refractivity contribution is 6.31. The van der Waals surface area contributed by atoms with Crippen molar-refractivity contribution in [3.63, 3.8) is 0 Å². The zero-order chi connectivity index (χ0) is 16.7.